The maximum absolute atomic E-state index is 12.5. The summed E-state index contributed by atoms with van der Waals surface area (Å²) < 4.78 is 0. The molecule has 6 heteroatoms. The van der Waals surface area contributed by atoms with Crippen molar-refractivity contribution in [1.82, 2.24) is 9.80 Å². The van der Waals surface area contributed by atoms with E-state index in [1.54, 1.807) is 4.90 Å². The lowest BCUT2D eigenvalue weighted by atomic mass is 10.1. The lowest BCUT2D eigenvalue weighted by Crippen LogP contribution is -2.42. The summed E-state index contributed by atoms with van der Waals surface area (Å²) in [5, 5.41) is 2.99. The Labute approximate surface area is 147 Å². The van der Waals surface area contributed by atoms with Crippen LogP contribution in [-0.2, 0) is 16.1 Å². The van der Waals surface area contributed by atoms with Gasteiger partial charge in [0.2, 0.25) is 11.8 Å². The van der Waals surface area contributed by atoms with Crippen LogP contribution in [0.2, 0.25) is 0 Å². The molecule has 0 spiro atoms. The number of carbonyl (C=O) groups is 2. The smallest absolute Gasteiger partial charge is 0.247 e. The molecular weight excluding hydrogens is 322 g/mol. The van der Waals surface area contributed by atoms with Gasteiger partial charge in [0.25, 0.3) is 0 Å². The zero-order chi connectivity index (χ0) is 16.9. The van der Waals surface area contributed by atoms with Crippen molar-refractivity contribution in [2.24, 2.45) is 0 Å². The van der Waals surface area contributed by atoms with Gasteiger partial charge in [0, 0.05) is 50.3 Å². The van der Waals surface area contributed by atoms with Crippen LogP contribution in [0.1, 0.15) is 25.3 Å². The number of anilines is 1. The second kappa shape index (κ2) is 8.03. The molecule has 2 heterocycles. The minimum absolute atomic E-state index is 0.0237. The van der Waals surface area contributed by atoms with Crippen LogP contribution >= 0.6 is 11.8 Å². The van der Waals surface area contributed by atoms with Gasteiger partial charge in [-0.3, -0.25) is 14.5 Å². The van der Waals surface area contributed by atoms with Gasteiger partial charge in [-0.15, -0.1) is 0 Å². The molecule has 2 saturated heterocycles. The van der Waals surface area contributed by atoms with E-state index in [1.165, 1.54) is 24.0 Å². The van der Waals surface area contributed by atoms with Gasteiger partial charge in [-0.2, -0.15) is 11.8 Å². The Morgan fingerprint density at radius 3 is 2.79 bits per heavy atom. The minimum Gasteiger partial charge on any atom is -0.331 e. The van der Waals surface area contributed by atoms with Crippen molar-refractivity contribution < 1.29 is 9.59 Å². The first-order valence-corrected chi connectivity index (χ1v) is 9.76. The Bertz CT molecular complexity index is 602. The van der Waals surface area contributed by atoms with Crippen molar-refractivity contribution in [3.05, 3.63) is 29.8 Å². The zero-order valence-electron chi connectivity index (χ0n) is 14.2. The standard InChI is InChI=1S/C18H25N3O2S/c1-14(22)21-7-3-6-17(21)18(23)19-16-5-2-4-15(12-16)13-20-8-10-24-11-9-20/h2,4-5,12,17H,3,6-11,13H2,1H3,(H,19,23)/t17-/m0/s1. The second-order valence-corrected chi connectivity index (χ2v) is 7.67. The van der Waals surface area contributed by atoms with E-state index in [1.807, 2.05) is 30.0 Å². The maximum Gasteiger partial charge on any atom is 0.247 e. The fourth-order valence-corrected chi connectivity index (χ4v) is 4.39. The third kappa shape index (κ3) is 4.30. The predicted octanol–water partition coefficient (Wildman–Crippen LogP) is 2.18. The summed E-state index contributed by atoms with van der Waals surface area (Å²) in [5.41, 5.74) is 2.04. The predicted molar refractivity (Wildman–Crippen MR) is 98.1 cm³/mol. The van der Waals surface area contributed by atoms with Crippen molar-refractivity contribution >= 4 is 29.3 Å². The van der Waals surface area contributed by atoms with E-state index in [0.29, 0.717) is 6.54 Å². The number of benzene rings is 1. The third-order valence-corrected chi connectivity index (χ3v) is 5.61. The monoisotopic (exact) mass is 347 g/mol. The van der Waals surface area contributed by atoms with Gasteiger partial charge in [0.15, 0.2) is 0 Å². The van der Waals surface area contributed by atoms with Crippen molar-refractivity contribution in [2.45, 2.75) is 32.4 Å². The van der Waals surface area contributed by atoms with E-state index < -0.39 is 0 Å². The van der Waals surface area contributed by atoms with Crippen molar-refractivity contribution in [2.75, 3.05) is 36.5 Å². The van der Waals surface area contributed by atoms with Crippen LogP contribution in [0, 0.1) is 0 Å². The first-order chi connectivity index (χ1) is 11.6. The van der Waals surface area contributed by atoms with E-state index in [2.05, 4.69) is 16.3 Å². The van der Waals surface area contributed by atoms with Crippen molar-refractivity contribution in [1.29, 1.82) is 0 Å². The number of amides is 2. The van der Waals surface area contributed by atoms with Gasteiger partial charge in [-0.25, -0.2) is 0 Å². The molecular formula is C18H25N3O2S. The number of hydrogen-bond acceptors (Lipinski definition) is 4. The summed E-state index contributed by atoms with van der Waals surface area (Å²) >= 11 is 2.01. The molecule has 2 aliphatic heterocycles. The van der Waals surface area contributed by atoms with Crippen LogP contribution in [-0.4, -0.2) is 58.8 Å². The van der Waals surface area contributed by atoms with Crippen LogP contribution in [0.25, 0.3) is 0 Å². The van der Waals surface area contributed by atoms with Crippen molar-refractivity contribution in [3.63, 3.8) is 0 Å². The Morgan fingerprint density at radius 1 is 1.25 bits per heavy atom. The Hall–Kier alpha value is -1.53. The van der Waals surface area contributed by atoms with Crippen LogP contribution in [0.5, 0.6) is 0 Å². The van der Waals surface area contributed by atoms with E-state index in [0.717, 1.165) is 38.2 Å². The Morgan fingerprint density at radius 2 is 2.04 bits per heavy atom. The summed E-state index contributed by atoms with van der Waals surface area (Å²) in [6.45, 7) is 5.38. The average molecular weight is 347 g/mol. The minimum atomic E-state index is -0.328. The highest BCUT2D eigenvalue weighted by molar-refractivity contribution is 7.99. The van der Waals surface area contributed by atoms with E-state index in [4.69, 9.17) is 0 Å². The quantitative estimate of drug-likeness (QED) is 0.907. The average Bonchev–Trinajstić information content (AvgIpc) is 3.06. The SMILES string of the molecule is CC(=O)N1CCC[C@H]1C(=O)Nc1cccc(CN2CCSCC2)c1. The summed E-state index contributed by atoms with van der Waals surface area (Å²) in [4.78, 5) is 28.3. The Kier molecular flexibility index (Phi) is 5.79. The zero-order valence-corrected chi connectivity index (χ0v) is 15.0. The lowest BCUT2D eigenvalue weighted by molar-refractivity contribution is -0.134. The van der Waals surface area contributed by atoms with Crippen LogP contribution in [0.3, 0.4) is 0 Å². The number of hydrogen-bond donors (Lipinski definition) is 1. The molecule has 3 rings (SSSR count). The molecule has 0 aliphatic carbocycles. The molecule has 0 bridgehead atoms. The molecule has 24 heavy (non-hydrogen) atoms. The number of nitrogens with zero attached hydrogens (tertiary/aromatic N) is 2. The number of carbonyl (C=O) groups excluding carboxylic acids is 2. The van der Waals surface area contributed by atoms with Crippen LogP contribution in [0.4, 0.5) is 5.69 Å². The first kappa shape index (κ1) is 17.3. The summed E-state index contributed by atoms with van der Waals surface area (Å²) in [6, 6.07) is 7.73. The fraction of sp³-hybridized carbons (Fsp3) is 0.556. The molecule has 1 aromatic rings. The second-order valence-electron chi connectivity index (χ2n) is 6.45. The van der Waals surface area contributed by atoms with Gasteiger partial charge >= 0.3 is 0 Å². The molecule has 0 aromatic heterocycles. The Balaban J connectivity index is 1.61. The molecule has 0 saturated carbocycles. The molecule has 1 aromatic carbocycles. The topological polar surface area (TPSA) is 52.7 Å². The summed E-state index contributed by atoms with van der Waals surface area (Å²) in [6.07, 6.45) is 1.64. The van der Waals surface area contributed by atoms with Gasteiger partial charge in [0.05, 0.1) is 0 Å². The molecule has 5 nitrogen and oxygen atoms in total. The maximum atomic E-state index is 12.5. The van der Waals surface area contributed by atoms with Crippen LogP contribution < -0.4 is 5.32 Å². The molecule has 2 aliphatic rings. The lowest BCUT2D eigenvalue weighted by Gasteiger charge is -2.26. The number of thioether (sulfide) groups is 1. The summed E-state index contributed by atoms with van der Waals surface area (Å²) in [7, 11) is 0. The molecule has 2 amide bonds. The van der Waals surface area contributed by atoms with Crippen LogP contribution in [0.15, 0.2) is 24.3 Å². The first-order valence-electron chi connectivity index (χ1n) is 8.60. The molecule has 0 unspecified atom stereocenters. The van der Waals surface area contributed by atoms with Gasteiger partial charge in [-0.05, 0) is 30.5 Å². The summed E-state index contributed by atoms with van der Waals surface area (Å²) in [5.74, 6) is 2.29. The molecule has 0 radical (unpaired) electrons. The number of likely N-dealkylation sites (tertiary alicyclic amines) is 1. The van der Waals surface area contributed by atoms with E-state index >= 15 is 0 Å². The van der Waals surface area contributed by atoms with Gasteiger partial charge < -0.3 is 10.2 Å². The van der Waals surface area contributed by atoms with Gasteiger partial charge in [0.1, 0.15) is 6.04 Å². The molecule has 130 valence electrons. The molecule has 2 fully saturated rings. The fourth-order valence-electron chi connectivity index (χ4n) is 3.41. The highest BCUT2D eigenvalue weighted by Gasteiger charge is 2.32. The normalized spacial score (nSPS) is 21.7. The van der Waals surface area contributed by atoms with E-state index in [-0.39, 0.29) is 17.9 Å². The highest BCUT2D eigenvalue weighted by Crippen LogP contribution is 2.20. The molecule has 1 atom stereocenters. The highest BCUT2D eigenvalue weighted by atomic mass is 32.2. The number of nitrogens with one attached hydrogen (secondary N) is 1. The largest absolute Gasteiger partial charge is 0.331 e. The van der Waals surface area contributed by atoms with E-state index in [9.17, 15) is 9.59 Å². The molecule has 1 N–H and O–H groups in total. The van der Waals surface area contributed by atoms with Gasteiger partial charge in [-0.1, -0.05) is 12.1 Å². The third-order valence-electron chi connectivity index (χ3n) is 4.66. The number of rotatable bonds is 4. The van der Waals surface area contributed by atoms with Crippen molar-refractivity contribution in [3.8, 4) is 0 Å².